The molecule has 1 aromatic rings. The normalized spacial score (nSPS) is 29.3. The van der Waals surface area contributed by atoms with Gasteiger partial charge in [0.25, 0.3) is 0 Å². The van der Waals surface area contributed by atoms with Crippen LogP contribution in [0.1, 0.15) is 42.0 Å². The first-order chi connectivity index (χ1) is 11.1. The number of hydrogen-bond donors (Lipinski definition) is 1. The van der Waals surface area contributed by atoms with Crippen molar-refractivity contribution in [2.75, 3.05) is 18.7 Å². The minimum absolute atomic E-state index is 0.152. The van der Waals surface area contributed by atoms with E-state index in [-0.39, 0.29) is 4.90 Å². The third-order valence-corrected chi connectivity index (χ3v) is 1.83. The van der Waals surface area contributed by atoms with E-state index in [9.17, 15) is 4.79 Å². The minimum Gasteiger partial charge on any atom is -0.444 e. The lowest BCUT2D eigenvalue weighted by Crippen LogP contribution is -2.50. The average Bonchev–Trinajstić information content (AvgIpc) is 2.38. The van der Waals surface area contributed by atoms with E-state index in [1.807, 2.05) is 0 Å². The summed E-state index contributed by atoms with van der Waals surface area (Å²) in [6.45, 7) is -1.21. The Morgan fingerprint density at radius 1 is 1.72 bits per heavy atom. The molecular weight excluding hydrogens is 232 g/mol. The highest BCUT2D eigenvalue weighted by Crippen LogP contribution is 2.27. The number of nitrogens with two attached hydrogens (primary N) is 1. The Morgan fingerprint density at radius 2 is 2.39 bits per heavy atom. The molecule has 2 heterocycles. The first kappa shape index (κ1) is 6.36. The van der Waals surface area contributed by atoms with Crippen molar-refractivity contribution >= 4 is 12.0 Å². The van der Waals surface area contributed by atoms with E-state index < -0.39 is 54.4 Å². The number of carbonyl (C=O) groups is 1. The predicted molar refractivity (Wildman–Crippen MR) is 67.0 cm³/mol. The third kappa shape index (κ3) is 2.88. The molecule has 0 bridgehead atoms. The zero-order chi connectivity index (χ0) is 19.6. The summed E-state index contributed by atoms with van der Waals surface area (Å²) < 4.78 is 61.0. The molecule has 1 amide bonds. The van der Waals surface area contributed by atoms with Gasteiger partial charge in [0.05, 0.1) is 13.9 Å². The van der Waals surface area contributed by atoms with E-state index in [4.69, 9.17) is 20.1 Å². The maximum absolute atomic E-state index is 12.2. The number of amides is 1. The van der Waals surface area contributed by atoms with Crippen molar-refractivity contribution in [2.45, 2.75) is 32.3 Å². The van der Waals surface area contributed by atoms with Crippen molar-refractivity contribution in [3.8, 4) is 0 Å². The van der Waals surface area contributed by atoms with Crippen LogP contribution in [0.3, 0.4) is 0 Å². The maximum atomic E-state index is 12.2. The second kappa shape index (κ2) is 4.44. The van der Waals surface area contributed by atoms with Crippen molar-refractivity contribution < 1.29 is 19.1 Å². The third-order valence-electron chi connectivity index (χ3n) is 1.83. The Kier molecular flexibility index (Phi) is 1.57. The second-order valence-corrected chi connectivity index (χ2v) is 4.58. The number of nitrogens with zero attached hydrogens (tertiary/aromatic N) is 3. The summed E-state index contributed by atoms with van der Waals surface area (Å²) in [5.41, 5.74) is 3.69. The molecule has 0 aromatic carbocycles. The summed E-state index contributed by atoms with van der Waals surface area (Å²) in [5.74, 6) is -3.29. The monoisotopic (exact) mass is 257 g/mol. The van der Waals surface area contributed by atoms with Gasteiger partial charge in [0.1, 0.15) is 5.60 Å². The van der Waals surface area contributed by atoms with Crippen LogP contribution in [0.25, 0.3) is 0 Å². The number of anilines is 1. The molecule has 1 aliphatic heterocycles. The number of likely N-dealkylation sites (tertiary alicyclic amines) is 1. The van der Waals surface area contributed by atoms with Gasteiger partial charge < -0.3 is 15.4 Å². The summed E-state index contributed by atoms with van der Waals surface area (Å²) in [7, 11) is 0. The molecule has 1 aliphatic rings. The van der Waals surface area contributed by atoms with Gasteiger partial charge in [0.15, 0.2) is 0 Å². The number of rotatable bonds is 1. The fraction of sp³-hybridized carbons (Fsp3) is 0.583. The van der Waals surface area contributed by atoms with Crippen LogP contribution in [0.5, 0.6) is 0 Å². The molecule has 0 spiro atoms. The molecule has 18 heavy (non-hydrogen) atoms. The zero-order valence-corrected chi connectivity index (χ0v) is 10.2. The summed E-state index contributed by atoms with van der Waals surface area (Å²) >= 11 is 0. The number of carbonyl (C=O) groups excluding carboxylic acids is 1. The topological polar surface area (TPSA) is 81.3 Å². The molecule has 1 aromatic heterocycles. The Morgan fingerprint density at radius 3 is 3.00 bits per heavy atom. The van der Waals surface area contributed by atoms with Gasteiger partial charge in [-0.05, 0) is 26.8 Å². The SMILES string of the molecule is [2H]c1nc(N)nc(C2([2H])C([2H])([2H])N(C(=O)OC(C)(C)C)C2([2H])[2H])c1[2H]. The van der Waals surface area contributed by atoms with Crippen molar-refractivity contribution in [3.63, 3.8) is 0 Å². The minimum atomic E-state index is -2.90. The fourth-order valence-corrected chi connectivity index (χ4v) is 1.15. The van der Waals surface area contributed by atoms with Gasteiger partial charge >= 0.3 is 6.09 Å². The molecule has 0 saturated carbocycles. The van der Waals surface area contributed by atoms with E-state index in [0.717, 1.165) is 0 Å². The highest BCUT2D eigenvalue weighted by Gasteiger charge is 2.35. The molecular formula is C12H18N4O2. The van der Waals surface area contributed by atoms with Crippen LogP contribution in [0.4, 0.5) is 10.7 Å². The van der Waals surface area contributed by atoms with Crippen molar-refractivity contribution in [1.82, 2.24) is 14.9 Å². The van der Waals surface area contributed by atoms with Crippen molar-refractivity contribution in [1.29, 1.82) is 0 Å². The predicted octanol–water partition coefficient (Wildman–Crippen LogP) is 1.39. The summed E-state index contributed by atoms with van der Waals surface area (Å²) in [6.07, 6.45) is -1.96. The number of ether oxygens (including phenoxy) is 1. The first-order valence-corrected chi connectivity index (χ1v) is 5.22. The average molecular weight is 257 g/mol. The van der Waals surface area contributed by atoms with Crippen LogP contribution in [0.15, 0.2) is 12.2 Å². The van der Waals surface area contributed by atoms with Gasteiger partial charge in [0, 0.05) is 26.4 Å². The molecule has 1 fully saturated rings. The Bertz CT molecular complexity index is 719. The smallest absolute Gasteiger partial charge is 0.410 e. The largest absolute Gasteiger partial charge is 0.444 e. The van der Waals surface area contributed by atoms with Crippen LogP contribution in [-0.2, 0) is 4.74 Å². The van der Waals surface area contributed by atoms with E-state index >= 15 is 0 Å². The molecule has 2 rings (SSSR count). The molecule has 1 saturated heterocycles. The van der Waals surface area contributed by atoms with E-state index in [1.54, 1.807) is 0 Å². The molecule has 0 atom stereocenters. The lowest BCUT2D eigenvalue weighted by molar-refractivity contribution is 0.00788. The Hall–Kier alpha value is -1.85. The Balaban J connectivity index is 2.56. The summed E-state index contributed by atoms with van der Waals surface area (Å²) in [6, 6.07) is -0.735. The standard InChI is InChI=1S/C12H18N4O2/c1-12(2,3)18-11(17)16-6-8(7-16)9-4-5-14-10(13)15-9/h4-5,8H,6-7H2,1-3H3,(H2,13,14,15)/i4D,5D,6D2,7D2,8D. The van der Waals surface area contributed by atoms with E-state index in [1.165, 1.54) is 20.8 Å². The van der Waals surface area contributed by atoms with Gasteiger partial charge in [0.2, 0.25) is 5.95 Å². The van der Waals surface area contributed by atoms with Crippen LogP contribution in [0, 0.1) is 0 Å². The van der Waals surface area contributed by atoms with E-state index in [2.05, 4.69) is 9.97 Å². The Labute approximate surface area is 116 Å². The van der Waals surface area contributed by atoms with Gasteiger partial charge in [-0.1, -0.05) is 0 Å². The zero-order valence-electron chi connectivity index (χ0n) is 17.2. The maximum Gasteiger partial charge on any atom is 0.410 e. The van der Waals surface area contributed by atoms with Gasteiger partial charge in [-0.15, -0.1) is 0 Å². The molecule has 6 nitrogen and oxygen atoms in total. The van der Waals surface area contributed by atoms with Crippen LogP contribution < -0.4 is 5.73 Å². The van der Waals surface area contributed by atoms with Crippen molar-refractivity contribution in [3.05, 3.63) is 17.9 Å². The molecule has 0 aliphatic carbocycles. The van der Waals surface area contributed by atoms with Crippen LogP contribution in [0.2, 0.25) is 0 Å². The van der Waals surface area contributed by atoms with Crippen LogP contribution >= 0.6 is 0 Å². The first-order valence-electron chi connectivity index (χ1n) is 8.72. The van der Waals surface area contributed by atoms with Gasteiger partial charge in [-0.3, -0.25) is 0 Å². The lowest BCUT2D eigenvalue weighted by Gasteiger charge is -2.39. The van der Waals surface area contributed by atoms with Crippen LogP contribution in [-0.4, -0.2) is 39.6 Å². The summed E-state index contributed by atoms with van der Waals surface area (Å²) in [4.78, 5) is 19.4. The molecule has 0 unspecified atom stereocenters. The number of aromatic nitrogens is 2. The number of nitrogen functional groups attached to an aromatic ring is 1. The summed E-state index contributed by atoms with van der Waals surface area (Å²) in [5, 5.41) is 0. The molecule has 2 N–H and O–H groups in total. The van der Waals surface area contributed by atoms with Crippen molar-refractivity contribution in [2.24, 2.45) is 0 Å². The fourth-order valence-electron chi connectivity index (χ4n) is 1.15. The van der Waals surface area contributed by atoms with Gasteiger partial charge in [-0.25, -0.2) is 14.8 Å². The van der Waals surface area contributed by atoms with E-state index in [0.29, 0.717) is 0 Å². The molecule has 0 radical (unpaired) electrons. The lowest BCUT2D eigenvalue weighted by atomic mass is 9.97. The quantitative estimate of drug-likeness (QED) is 0.822. The second-order valence-electron chi connectivity index (χ2n) is 4.58. The molecule has 98 valence electrons. The molecule has 6 heteroatoms. The highest BCUT2D eigenvalue weighted by molar-refractivity contribution is 5.69. The number of hydrogen-bond acceptors (Lipinski definition) is 5. The van der Waals surface area contributed by atoms with Gasteiger partial charge in [-0.2, -0.15) is 0 Å². The highest BCUT2D eigenvalue weighted by atomic mass is 16.6.